The van der Waals surface area contributed by atoms with Crippen LogP contribution in [-0.2, 0) is 6.42 Å². The molecule has 0 aromatic heterocycles. The first-order chi connectivity index (χ1) is 7.16. The molecule has 0 heterocycles. The molecule has 0 saturated carbocycles. The molecule has 0 bridgehead atoms. The zero-order valence-corrected chi connectivity index (χ0v) is 10.2. The molecule has 0 radical (unpaired) electrons. The molecule has 1 aromatic rings. The summed E-state index contributed by atoms with van der Waals surface area (Å²) in [6, 6.07) is 2.68. The molecule has 1 aromatic carbocycles. The summed E-state index contributed by atoms with van der Waals surface area (Å²) >= 11 is 3.05. The van der Waals surface area contributed by atoms with Gasteiger partial charge in [0, 0.05) is 5.56 Å². The lowest BCUT2D eigenvalue weighted by Gasteiger charge is -2.06. The second kappa shape index (κ2) is 6.18. The molecule has 0 aliphatic carbocycles. The first-order valence-corrected chi connectivity index (χ1v) is 5.73. The molecule has 0 aliphatic heterocycles. The second-order valence-corrected chi connectivity index (χ2v) is 4.24. The Morgan fingerprint density at radius 2 is 2.00 bits per heavy atom. The molecule has 0 saturated heterocycles. The van der Waals surface area contributed by atoms with Crippen LogP contribution in [0.5, 0.6) is 0 Å². The summed E-state index contributed by atoms with van der Waals surface area (Å²) in [4.78, 5) is 0. The van der Waals surface area contributed by atoms with Gasteiger partial charge in [0.1, 0.15) is 11.6 Å². The van der Waals surface area contributed by atoms with Crippen LogP contribution in [0, 0.1) is 11.6 Å². The lowest BCUT2D eigenvalue weighted by Crippen LogP contribution is -2.08. The van der Waals surface area contributed by atoms with E-state index in [0.29, 0.717) is 10.9 Å². The van der Waals surface area contributed by atoms with Crippen molar-refractivity contribution in [1.82, 2.24) is 5.32 Å². The number of nitrogens with one attached hydrogen (secondary N) is 1. The minimum atomic E-state index is -0.473. The van der Waals surface area contributed by atoms with Gasteiger partial charge in [0.2, 0.25) is 0 Å². The van der Waals surface area contributed by atoms with Crippen LogP contribution in [0.25, 0.3) is 0 Å². The summed E-state index contributed by atoms with van der Waals surface area (Å²) in [6.07, 6.45) is 2.14. The molecule has 84 valence electrons. The summed E-state index contributed by atoms with van der Waals surface area (Å²) < 4.78 is 27.1. The zero-order chi connectivity index (χ0) is 11.3. The zero-order valence-electron chi connectivity index (χ0n) is 8.62. The van der Waals surface area contributed by atoms with Crippen LogP contribution in [0.4, 0.5) is 8.78 Å². The molecule has 1 nitrogen and oxygen atoms in total. The van der Waals surface area contributed by atoms with Gasteiger partial charge in [-0.2, -0.15) is 0 Å². The quantitative estimate of drug-likeness (QED) is 0.644. The minimum absolute atomic E-state index is 0.181. The summed E-state index contributed by atoms with van der Waals surface area (Å²) in [5.41, 5.74) is 0.181. The van der Waals surface area contributed by atoms with Gasteiger partial charge in [-0.1, -0.05) is 0 Å². The number of halogens is 3. The third-order valence-corrected chi connectivity index (χ3v) is 2.85. The Kier molecular flexibility index (Phi) is 5.19. The average molecular weight is 278 g/mol. The highest BCUT2D eigenvalue weighted by Gasteiger charge is 2.11. The Morgan fingerprint density at radius 1 is 1.27 bits per heavy atom. The fraction of sp³-hybridized carbons (Fsp3) is 0.455. The lowest BCUT2D eigenvalue weighted by molar-refractivity contribution is 0.541. The van der Waals surface area contributed by atoms with E-state index in [2.05, 4.69) is 21.2 Å². The van der Waals surface area contributed by atoms with E-state index in [9.17, 15) is 8.78 Å². The largest absolute Gasteiger partial charge is 0.320 e. The van der Waals surface area contributed by atoms with Crippen LogP contribution in [-0.4, -0.2) is 13.6 Å². The number of rotatable bonds is 5. The maximum absolute atomic E-state index is 13.5. The van der Waals surface area contributed by atoms with E-state index in [0.717, 1.165) is 19.4 Å². The number of hydrogen-bond donors (Lipinski definition) is 1. The van der Waals surface area contributed by atoms with Crippen molar-refractivity contribution in [3.8, 4) is 0 Å². The van der Waals surface area contributed by atoms with Crippen molar-refractivity contribution in [1.29, 1.82) is 0 Å². The molecule has 0 amide bonds. The van der Waals surface area contributed by atoms with Crippen LogP contribution in [0.1, 0.15) is 18.4 Å². The highest BCUT2D eigenvalue weighted by Crippen LogP contribution is 2.22. The monoisotopic (exact) mass is 277 g/mol. The van der Waals surface area contributed by atoms with Gasteiger partial charge in [-0.15, -0.1) is 0 Å². The Balaban J connectivity index is 2.63. The maximum Gasteiger partial charge on any atom is 0.143 e. The summed E-state index contributed by atoms with van der Waals surface area (Å²) in [6.45, 7) is 0.872. The van der Waals surface area contributed by atoms with E-state index in [-0.39, 0.29) is 5.56 Å². The predicted octanol–water partition coefficient (Wildman–Crippen LogP) is 3.27. The number of benzene rings is 1. The van der Waals surface area contributed by atoms with Crippen LogP contribution in [0.2, 0.25) is 0 Å². The van der Waals surface area contributed by atoms with E-state index in [1.807, 2.05) is 7.05 Å². The van der Waals surface area contributed by atoms with E-state index >= 15 is 0 Å². The normalized spacial score (nSPS) is 10.7. The van der Waals surface area contributed by atoms with E-state index in [4.69, 9.17) is 0 Å². The molecular weight excluding hydrogens is 264 g/mol. The van der Waals surface area contributed by atoms with Crippen LogP contribution >= 0.6 is 15.9 Å². The number of hydrogen-bond acceptors (Lipinski definition) is 1. The van der Waals surface area contributed by atoms with Gasteiger partial charge in [0.05, 0.1) is 4.47 Å². The molecule has 1 rings (SSSR count). The van der Waals surface area contributed by atoms with Gasteiger partial charge in [-0.25, -0.2) is 8.78 Å². The van der Waals surface area contributed by atoms with E-state index < -0.39 is 11.6 Å². The van der Waals surface area contributed by atoms with Crippen molar-refractivity contribution in [3.63, 3.8) is 0 Å². The second-order valence-electron chi connectivity index (χ2n) is 3.38. The van der Waals surface area contributed by atoms with Gasteiger partial charge in [0.25, 0.3) is 0 Å². The summed E-state index contributed by atoms with van der Waals surface area (Å²) in [5, 5.41) is 3.00. The molecule has 0 unspecified atom stereocenters. The van der Waals surface area contributed by atoms with Crippen molar-refractivity contribution < 1.29 is 8.78 Å². The van der Waals surface area contributed by atoms with Gasteiger partial charge in [-0.05, 0) is 60.9 Å². The molecule has 4 heteroatoms. The topological polar surface area (TPSA) is 12.0 Å². The first-order valence-electron chi connectivity index (χ1n) is 4.93. The fourth-order valence-electron chi connectivity index (χ4n) is 1.40. The van der Waals surface area contributed by atoms with Crippen LogP contribution < -0.4 is 5.32 Å². The molecule has 0 aliphatic rings. The molecular formula is C11H14BrF2N. The Morgan fingerprint density at radius 3 is 2.67 bits per heavy atom. The highest BCUT2D eigenvalue weighted by molar-refractivity contribution is 9.10. The summed E-state index contributed by atoms with van der Waals surface area (Å²) in [5.74, 6) is -0.931. The van der Waals surface area contributed by atoms with Crippen LogP contribution in [0.3, 0.4) is 0 Å². The van der Waals surface area contributed by atoms with Gasteiger partial charge in [-0.3, -0.25) is 0 Å². The molecule has 0 atom stereocenters. The van der Waals surface area contributed by atoms with Crippen molar-refractivity contribution >= 4 is 15.9 Å². The third kappa shape index (κ3) is 3.54. The van der Waals surface area contributed by atoms with E-state index in [1.54, 1.807) is 0 Å². The third-order valence-electron chi connectivity index (χ3n) is 2.24. The molecule has 15 heavy (non-hydrogen) atoms. The van der Waals surface area contributed by atoms with Crippen molar-refractivity contribution in [2.75, 3.05) is 13.6 Å². The Labute approximate surface area is 97.0 Å². The predicted molar refractivity (Wildman–Crippen MR) is 60.9 cm³/mol. The Bertz CT molecular complexity index is 329. The lowest BCUT2D eigenvalue weighted by atomic mass is 10.1. The van der Waals surface area contributed by atoms with Gasteiger partial charge >= 0.3 is 0 Å². The molecule has 1 N–H and O–H groups in total. The van der Waals surface area contributed by atoms with E-state index in [1.165, 1.54) is 12.1 Å². The minimum Gasteiger partial charge on any atom is -0.320 e. The smallest absolute Gasteiger partial charge is 0.143 e. The standard InChI is InChI=1S/C11H14BrF2N/c1-15-7-3-2-4-8-10(13)6-5-9(12)11(8)14/h5-6,15H,2-4,7H2,1H3. The number of unbranched alkanes of at least 4 members (excludes halogenated alkanes) is 1. The molecule has 0 spiro atoms. The van der Waals surface area contributed by atoms with Crippen molar-refractivity contribution in [3.05, 3.63) is 33.8 Å². The molecule has 0 fully saturated rings. The maximum atomic E-state index is 13.5. The average Bonchev–Trinajstić information content (AvgIpc) is 2.23. The Hall–Kier alpha value is -0.480. The van der Waals surface area contributed by atoms with Gasteiger partial charge < -0.3 is 5.32 Å². The van der Waals surface area contributed by atoms with Crippen LogP contribution in [0.15, 0.2) is 16.6 Å². The first kappa shape index (κ1) is 12.6. The van der Waals surface area contributed by atoms with Crippen molar-refractivity contribution in [2.24, 2.45) is 0 Å². The highest BCUT2D eigenvalue weighted by atomic mass is 79.9. The SMILES string of the molecule is CNCCCCc1c(F)ccc(Br)c1F. The van der Waals surface area contributed by atoms with Crippen molar-refractivity contribution in [2.45, 2.75) is 19.3 Å². The summed E-state index contributed by atoms with van der Waals surface area (Å²) in [7, 11) is 1.86. The van der Waals surface area contributed by atoms with Gasteiger partial charge in [0.15, 0.2) is 0 Å². The fourth-order valence-corrected chi connectivity index (χ4v) is 1.77.